The number of nitrogens with zero attached hydrogens (tertiary/aromatic N) is 3. The Morgan fingerprint density at radius 1 is 0.767 bits per heavy atom. The molecular weight excluding hydrogens is 753 g/mol. The summed E-state index contributed by atoms with van der Waals surface area (Å²) in [5.74, 6) is 0.277. The van der Waals surface area contributed by atoms with Gasteiger partial charge in [0, 0.05) is 36.1 Å². The third-order valence-corrected chi connectivity index (χ3v) is 11.6. The molecule has 3 N–H and O–H groups in total. The molecule has 2 fully saturated rings. The van der Waals surface area contributed by atoms with E-state index in [-0.39, 0.29) is 36.0 Å². The molecule has 4 atom stereocenters. The summed E-state index contributed by atoms with van der Waals surface area (Å²) in [6.07, 6.45) is 4.51. The fourth-order valence-electron chi connectivity index (χ4n) is 8.59. The van der Waals surface area contributed by atoms with E-state index in [2.05, 4.69) is 39.6 Å². The number of aromatic nitrogens is 3. The normalized spacial score (nSPS) is 17.7. The first-order valence-electron chi connectivity index (χ1n) is 20.9. The Balaban J connectivity index is 0.928. The molecule has 8 rings (SSSR count). The van der Waals surface area contributed by atoms with Gasteiger partial charge in [-0.05, 0) is 99.4 Å². The predicted molar refractivity (Wildman–Crippen MR) is 232 cm³/mol. The average Bonchev–Trinajstić information content (AvgIpc) is 4.09. The van der Waals surface area contributed by atoms with Crippen molar-refractivity contribution >= 4 is 34.6 Å². The highest BCUT2D eigenvalue weighted by molar-refractivity contribution is 5.94. The second-order valence-electron chi connectivity index (χ2n) is 17.0. The molecule has 2 aromatic heterocycles. The topological polar surface area (TPSA) is 140 Å². The van der Waals surface area contributed by atoms with Crippen LogP contribution >= 0.6 is 0 Å². The number of H-pyrrole nitrogens is 2. The summed E-state index contributed by atoms with van der Waals surface area (Å²) in [5.41, 5.74) is 6.60. The van der Waals surface area contributed by atoms with Gasteiger partial charge in [-0.15, -0.1) is 0 Å². The zero-order chi connectivity index (χ0) is 42.0. The lowest BCUT2D eigenvalue weighted by Gasteiger charge is -2.29. The minimum absolute atomic E-state index is 0.0116. The van der Waals surface area contributed by atoms with Crippen molar-refractivity contribution in [3.05, 3.63) is 138 Å². The van der Waals surface area contributed by atoms with Crippen LogP contribution in [0.3, 0.4) is 0 Å². The molecule has 308 valence electrons. The third kappa shape index (κ3) is 8.76. The number of amides is 3. The first-order valence-corrected chi connectivity index (χ1v) is 20.9. The molecule has 60 heavy (non-hydrogen) atoms. The summed E-state index contributed by atoms with van der Waals surface area (Å²) in [6.45, 7) is 8.45. The van der Waals surface area contributed by atoms with Crippen molar-refractivity contribution in [2.24, 2.45) is 0 Å². The number of likely N-dealkylation sites (tertiary alicyclic amines) is 2. The number of Topliss-reactive ketones (excluding diaryl/α,β-unsaturated/α-hetero) is 1. The van der Waals surface area contributed by atoms with Crippen molar-refractivity contribution in [1.29, 1.82) is 0 Å². The zero-order valence-electron chi connectivity index (χ0n) is 34.6. The van der Waals surface area contributed by atoms with Crippen molar-refractivity contribution in [3.63, 3.8) is 0 Å². The van der Waals surface area contributed by atoms with Gasteiger partial charge in [0.25, 0.3) is 5.91 Å². The fraction of sp³-hybridized carbons (Fsp3) is 0.327. The molecule has 0 spiro atoms. The summed E-state index contributed by atoms with van der Waals surface area (Å²) >= 11 is 0. The SMILES string of the molecule is C[C@@H](C(=O)N1CCC[C@H]1C(=O)Cc1ccc2[nH]c(-c3ccc(-c4cnc([C@@H]5CCCN5C(=O)[C@H](NC(=O)OC(C)(C)C)c5ccccc5)[nH]4)cc3)cc2c1)c1ccccc1. The second-order valence-corrected chi connectivity index (χ2v) is 17.0. The maximum atomic E-state index is 14.1. The van der Waals surface area contributed by atoms with E-state index < -0.39 is 23.8 Å². The molecule has 2 aliphatic rings. The number of imidazole rings is 1. The van der Waals surface area contributed by atoms with Gasteiger partial charge >= 0.3 is 6.09 Å². The molecule has 11 nitrogen and oxygen atoms in total. The number of nitrogens with one attached hydrogen (secondary N) is 3. The smallest absolute Gasteiger partial charge is 0.408 e. The standard InChI is InChI=1S/C49H52N6O5/c1-31(33-13-7-5-8-14-33)46(57)54-25-11-17-41(54)43(56)28-32-19-24-38-37(27-32)29-39(51-38)34-20-22-35(23-21-34)40-30-50-45(52-40)42-18-12-26-55(42)47(58)44(36-15-9-6-10-16-36)53-48(59)60-49(2,3)4/h5-10,13-16,19-24,27,29-31,41-42,44,51H,11-12,17-18,25-26,28H2,1-4H3,(H,50,52)(H,53,59)/t31-,41+,42+,44-/m1/s1. The number of rotatable bonds is 11. The quantitative estimate of drug-likeness (QED) is 0.119. The van der Waals surface area contributed by atoms with Gasteiger partial charge in [-0.1, -0.05) is 91.0 Å². The van der Waals surface area contributed by atoms with Crippen molar-refractivity contribution in [1.82, 2.24) is 30.1 Å². The number of benzene rings is 4. The molecule has 4 aromatic carbocycles. The number of carbonyl (C=O) groups excluding carboxylic acids is 4. The monoisotopic (exact) mass is 804 g/mol. The van der Waals surface area contributed by atoms with Gasteiger partial charge in [-0.25, -0.2) is 9.78 Å². The van der Waals surface area contributed by atoms with E-state index in [1.54, 1.807) is 36.8 Å². The molecule has 6 aromatic rings. The summed E-state index contributed by atoms with van der Waals surface area (Å²) in [4.78, 5) is 69.4. The number of aromatic amines is 2. The van der Waals surface area contributed by atoms with Gasteiger partial charge in [-0.2, -0.15) is 0 Å². The Hall–Kier alpha value is -6.49. The summed E-state index contributed by atoms with van der Waals surface area (Å²) in [5, 5.41) is 3.83. The Bertz CT molecular complexity index is 2490. The van der Waals surface area contributed by atoms with E-state index >= 15 is 0 Å². The highest BCUT2D eigenvalue weighted by atomic mass is 16.6. The predicted octanol–water partition coefficient (Wildman–Crippen LogP) is 9.06. The van der Waals surface area contributed by atoms with Crippen LogP contribution in [0.4, 0.5) is 4.79 Å². The number of fused-ring (bicyclic) bond motifs is 1. The number of alkyl carbamates (subject to hydrolysis) is 1. The second kappa shape index (κ2) is 17.0. The Labute approximate surface area is 350 Å². The molecule has 0 saturated carbocycles. The molecule has 0 unspecified atom stereocenters. The molecule has 0 aliphatic carbocycles. The van der Waals surface area contributed by atoms with E-state index in [0.717, 1.165) is 63.8 Å². The molecule has 0 bridgehead atoms. The molecule has 2 aliphatic heterocycles. The minimum atomic E-state index is -0.906. The van der Waals surface area contributed by atoms with Crippen LogP contribution in [0.15, 0.2) is 115 Å². The average molecular weight is 805 g/mol. The number of hydrogen-bond donors (Lipinski definition) is 3. The van der Waals surface area contributed by atoms with Crippen molar-refractivity contribution in [3.8, 4) is 22.5 Å². The lowest BCUT2D eigenvalue weighted by Crippen LogP contribution is -2.44. The summed E-state index contributed by atoms with van der Waals surface area (Å²) < 4.78 is 5.51. The van der Waals surface area contributed by atoms with Crippen molar-refractivity contribution in [2.45, 2.75) is 89.4 Å². The first kappa shape index (κ1) is 40.3. The van der Waals surface area contributed by atoms with E-state index in [1.165, 1.54) is 0 Å². The number of ketones is 1. The molecule has 2 saturated heterocycles. The largest absolute Gasteiger partial charge is 0.444 e. The van der Waals surface area contributed by atoms with Crippen LogP contribution in [0.1, 0.15) is 93.9 Å². The number of ether oxygens (including phenoxy) is 1. The van der Waals surface area contributed by atoms with Crippen LogP contribution in [-0.2, 0) is 25.5 Å². The summed E-state index contributed by atoms with van der Waals surface area (Å²) in [6, 6.07) is 33.8. The van der Waals surface area contributed by atoms with E-state index in [4.69, 9.17) is 9.72 Å². The Morgan fingerprint density at radius 3 is 2.12 bits per heavy atom. The lowest BCUT2D eigenvalue weighted by atomic mass is 9.97. The van der Waals surface area contributed by atoms with E-state index in [9.17, 15) is 19.2 Å². The minimum Gasteiger partial charge on any atom is -0.444 e. The van der Waals surface area contributed by atoms with E-state index in [1.807, 2.05) is 91.9 Å². The van der Waals surface area contributed by atoms with Gasteiger partial charge in [0.1, 0.15) is 17.5 Å². The fourth-order valence-corrected chi connectivity index (χ4v) is 8.59. The Morgan fingerprint density at radius 2 is 1.42 bits per heavy atom. The third-order valence-electron chi connectivity index (χ3n) is 11.6. The van der Waals surface area contributed by atoms with Crippen LogP contribution in [0, 0.1) is 0 Å². The number of hydrogen-bond acceptors (Lipinski definition) is 6. The van der Waals surface area contributed by atoms with Gasteiger partial charge < -0.3 is 29.8 Å². The Kier molecular flexibility index (Phi) is 11.4. The summed E-state index contributed by atoms with van der Waals surface area (Å²) in [7, 11) is 0. The van der Waals surface area contributed by atoms with Crippen LogP contribution in [0.2, 0.25) is 0 Å². The number of carbonyl (C=O) groups is 4. The van der Waals surface area contributed by atoms with Crippen LogP contribution in [0.25, 0.3) is 33.4 Å². The van der Waals surface area contributed by atoms with Gasteiger partial charge in [0.15, 0.2) is 5.78 Å². The van der Waals surface area contributed by atoms with Crippen molar-refractivity contribution < 1.29 is 23.9 Å². The molecule has 11 heteroatoms. The highest BCUT2D eigenvalue weighted by Crippen LogP contribution is 2.35. The van der Waals surface area contributed by atoms with Gasteiger partial charge in [0.05, 0.1) is 29.9 Å². The molecule has 4 heterocycles. The highest BCUT2D eigenvalue weighted by Gasteiger charge is 2.38. The molecule has 0 radical (unpaired) electrons. The maximum Gasteiger partial charge on any atom is 0.408 e. The van der Waals surface area contributed by atoms with E-state index in [0.29, 0.717) is 30.9 Å². The molecular formula is C49H52N6O5. The van der Waals surface area contributed by atoms with Crippen LogP contribution < -0.4 is 5.32 Å². The first-order chi connectivity index (χ1) is 28.9. The van der Waals surface area contributed by atoms with Gasteiger partial charge in [0.2, 0.25) is 5.91 Å². The maximum absolute atomic E-state index is 14.1. The van der Waals surface area contributed by atoms with Crippen LogP contribution in [-0.4, -0.2) is 73.2 Å². The van der Waals surface area contributed by atoms with Gasteiger partial charge in [-0.3, -0.25) is 14.4 Å². The molecule has 3 amide bonds. The van der Waals surface area contributed by atoms with Crippen molar-refractivity contribution in [2.75, 3.05) is 13.1 Å². The zero-order valence-corrected chi connectivity index (χ0v) is 34.6. The lowest BCUT2D eigenvalue weighted by molar-refractivity contribution is -0.138. The van der Waals surface area contributed by atoms with Crippen LogP contribution in [0.5, 0.6) is 0 Å².